The third kappa shape index (κ3) is 3.06. The van der Waals surface area contributed by atoms with Gasteiger partial charge in [-0.2, -0.15) is 0 Å². The van der Waals surface area contributed by atoms with Gasteiger partial charge in [0.2, 0.25) is 5.91 Å². The van der Waals surface area contributed by atoms with Gasteiger partial charge in [-0.1, -0.05) is 18.2 Å². The molecule has 0 fully saturated rings. The maximum atomic E-state index is 13.0. The Morgan fingerprint density at radius 2 is 1.89 bits per heavy atom. The van der Waals surface area contributed by atoms with Gasteiger partial charge in [0.15, 0.2) is 9.84 Å². The van der Waals surface area contributed by atoms with Crippen LogP contribution in [0.3, 0.4) is 0 Å². The van der Waals surface area contributed by atoms with Crippen molar-refractivity contribution >= 4 is 21.4 Å². The zero-order valence-corrected chi connectivity index (χ0v) is 16.4. The summed E-state index contributed by atoms with van der Waals surface area (Å²) in [6, 6.07) is 8.41. The third-order valence-electron chi connectivity index (χ3n) is 4.36. The number of hydrogen-bond acceptors (Lipinski definition) is 5. The molecule has 27 heavy (non-hydrogen) atoms. The number of benzene rings is 1. The number of imidazole rings is 1. The van der Waals surface area contributed by atoms with Crippen molar-refractivity contribution in [1.82, 2.24) is 9.38 Å². The molecular weight excluding hydrogens is 366 g/mol. The second-order valence-corrected chi connectivity index (χ2v) is 9.77. The number of ether oxygens (including phenoxy) is 1. The molecule has 0 aliphatic carbocycles. The van der Waals surface area contributed by atoms with E-state index in [0.717, 1.165) is 0 Å². The highest BCUT2D eigenvalue weighted by Crippen LogP contribution is 2.34. The normalized spacial score (nSPS) is 12.3. The minimum Gasteiger partial charge on any atom is -0.495 e. The minimum atomic E-state index is -3.68. The lowest BCUT2D eigenvalue weighted by molar-refractivity contribution is 0.100. The van der Waals surface area contributed by atoms with Gasteiger partial charge in [-0.25, -0.2) is 13.4 Å². The van der Waals surface area contributed by atoms with Crippen LogP contribution in [-0.4, -0.2) is 35.6 Å². The van der Waals surface area contributed by atoms with Crippen LogP contribution in [0.4, 0.5) is 0 Å². The number of amides is 1. The highest BCUT2D eigenvalue weighted by Gasteiger charge is 2.34. The van der Waals surface area contributed by atoms with Gasteiger partial charge >= 0.3 is 0 Å². The average molecular weight is 387 g/mol. The average Bonchev–Trinajstić information content (AvgIpc) is 3.02. The number of primary amides is 1. The van der Waals surface area contributed by atoms with Crippen LogP contribution in [-0.2, 0) is 9.84 Å². The molecule has 0 saturated heterocycles. The van der Waals surface area contributed by atoms with Crippen molar-refractivity contribution in [2.24, 2.45) is 5.73 Å². The predicted octanol–water partition coefficient (Wildman–Crippen LogP) is 2.68. The molecule has 0 atom stereocenters. The fourth-order valence-corrected chi connectivity index (χ4v) is 4.11. The summed E-state index contributed by atoms with van der Waals surface area (Å²) in [6.07, 6.45) is 3.05. The second kappa shape index (κ2) is 6.38. The van der Waals surface area contributed by atoms with Crippen LogP contribution < -0.4 is 10.5 Å². The van der Waals surface area contributed by atoms with Gasteiger partial charge in [-0.05, 0) is 26.8 Å². The zero-order valence-electron chi connectivity index (χ0n) is 15.6. The Labute approximate surface area is 157 Å². The summed E-state index contributed by atoms with van der Waals surface area (Å²) in [4.78, 5) is 16.2. The smallest absolute Gasteiger partial charge is 0.249 e. The highest BCUT2D eigenvalue weighted by molar-refractivity contribution is 7.92. The molecule has 2 aromatic heterocycles. The molecule has 0 radical (unpaired) electrons. The van der Waals surface area contributed by atoms with Crippen molar-refractivity contribution in [2.75, 3.05) is 7.11 Å². The lowest BCUT2D eigenvalue weighted by Crippen LogP contribution is -2.28. The van der Waals surface area contributed by atoms with Crippen molar-refractivity contribution in [3.8, 4) is 17.0 Å². The molecule has 142 valence electrons. The molecule has 1 amide bonds. The number of nitrogens with zero attached hydrogens (tertiary/aromatic N) is 2. The van der Waals surface area contributed by atoms with Crippen LogP contribution in [0.15, 0.2) is 47.6 Å². The first-order valence-corrected chi connectivity index (χ1v) is 9.75. The van der Waals surface area contributed by atoms with Crippen LogP contribution in [0.2, 0.25) is 0 Å². The number of carbonyl (C=O) groups is 1. The van der Waals surface area contributed by atoms with Crippen LogP contribution in [0.25, 0.3) is 16.9 Å². The van der Waals surface area contributed by atoms with Crippen molar-refractivity contribution in [1.29, 1.82) is 0 Å². The van der Waals surface area contributed by atoms with Crippen molar-refractivity contribution in [2.45, 2.75) is 30.4 Å². The number of nitrogens with two attached hydrogens (primary N) is 1. The summed E-state index contributed by atoms with van der Waals surface area (Å²) in [6.45, 7) is 4.88. The summed E-state index contributed by atoms with van der Waals surface area (Å²) in [7, 11) is -2.26. The Hall–Kier alpha value is -2.87. The van der Waals surface area contributed by atoms with Crippen molar-refractivity contribution < 1.29 is 17.9 Å². The monoisotopic (exact) mass is 387 g/mol. The number of rotatable bonds is 4. The van der Waals surface area contributed by atoms with Crippen LogP contribution >= 0.6 is 0 Å². The first-order chi connectivity index (χ1) is 12.6. The maximum Gasteiger partial charge on any atom is 0.249 e. The summed E-state index contributed by atoms with van der Waals surface area (Å²) in [5.74, 6) is -0.352. The molecule has 0 spiro atoms. The first-order valence-electron chi connectivity index (χ1n) is 8.27. The molecule has 0 saturated carbocycles. The molecule has 0 bridgehead atoms. The van der Waals surface area contributed by atoms with Gasteiger partial charge in [0, 0.05) is 23.4 Å². The van der Waals surface area contributed by atoms with Crippen LogP contribution in [0, 0.1) is 0 Å². The quantitative estimate of drug-likeness (QED) is 0.741. The standard InChI is InChI=1S/C19H21N3O4S/c1-19(2,3)27(24,25)16-11-22-14(10-21-17(22)9-15(16)26-4)12-7-5-6-8-13(12)18(20)23/h5-11H,1-4H3,(H2,20,23). The lowest BCUT2D eigenvalue weighted by Gasteiger charge is -2.21. The van der Waals surface area contributed by atoms with Crippen molar-refractivity contribution in [3.05, 3.63) is 48.3 Å². The van der Waals surface area contributed by atoms with Gasteiger partial charge in [-0.15, -0.1) is 0 Å². The number of pyridine rings is 1. The van der Waals surface area contributed by atoms with E-state index in [1.54, 1.807) is 61.7 Å². The Kier molecular flexibility index (Phi) is 4.47. The number of hydrogen-bond donors (Lipinski definition) is 1. The highest BCUT2D eigenvalue weighted by atomic mass is 32.2. The Morgan fingerprint density at radius 1 is 1.22 bits per heavy atom. The molecule has 2 N–H and O–H groups in total. The summed E-state index contributed by atoms with van der Waals surface area (Å²) < 4.78 is 32.0. The molecule has 7 nitrogen and oxygen atoms in total. The maximum absolute atomic E-state index is 13.0. The zero-order chi connectivity index (χ0) is 20.0. The topological polar surface area (TPSA) is 104 Å². The molecule has 3 rings (SSSR count). The van der Waals surface area contributed by atoms with Gasteiger partial charge < -0.3 is 10.5 Å². The Balaban J connectivity index is 2.35. The summed E-state index contributed by atoms with van der Waals surface area (Å²) >= 11 is 0. The van der Waals surface area contributed by atoms with Crippen molar-refractivity contribution in [3.63, 3.8) is 0 Å². The number of aromatic nitrogens is 2. The minimum absolute atomic E-state index is 0.0563. The van der Waals surface area contributed by atoms with Crippen LogP contribution in [0.1, 0.15) is 31.1 Å². The Morgan fingerprint density at radius 3 is 2.48 bits per heavy atom. The van der Waals surface area contributed by atoms with Crippen LogP contribution in [0.5, 0.6) is 5.75 Å². The molecule has 3 aromatic rings. The molecule has 0 unspecified atom stereocenters. The van der Waals surface area contributed by atoms with Gasteiger partial charge in [0.25, 0.3) is 0 Å². The van der Waals surface area contributed by atoms with E-state index in [4.69, 9.17) is 10.5 Å². The number of fused-ring (bicyclic) bond motifs is 1. The fourth-order valence-electron chi connectivity index (χ4n) is 2.80. The second-order valence-electron chi connectivity index (χ2n) is 7.10. The molecule has 0 aliphatic rings. The third-order valence-corrected chi connectivity index (χ3v) is 6.86. The largest absolute Gasteiger partial charge is 0.495 e. The van der Waals surface area contributed by atoms with E-state index < -0.39 is 20.5 Å². The molecule has 2 heterocycles. The Bertz CT molecular complexity index is 1140. The van der Waals surface area contributed by atoms with Gasteiger partial charge in [0.1, 0.15) is 16.3 Å². The number of methoxy groups -OCH3 is 1. The summed E-state index contributed by atoms with van der Waals surface area (Å²) in [5, 5.41) is 0. The SMILES string of the molecule is COc1cc2ncc(-c3ccccc3C(N)=O)n2cc1S(=O)(=O)C(C)(C)C. The van der Waals surface area contributed by atoms with E-state index >= 15 is 0 Å². The predicted molar refractivity (Wildman–Crippen MR) is 103 cm³/mol. The molecule has 1 aromatic carbocycles. The first kappa shape index (κ1) is 18.9. The van der Waals surface area contributed by atoms with Gasteiger partial charge in [-0.3, -0.25) is 9.20 Å². The van der Waals surface area contributed by atoms with E-state index in [2.05, 4.69) is 4.98 Å². The molecule has 0 aliphatic heterocycles. The molecular formula is C19H21N3O4S. The lowest BCUT2D eigenvalue weighted by atomic mass is 10.0. The van der Waals surface area contributed by atoms with E-state index in [0.29, 0.717) is 22.5 Å². The van der Waals surface area contributed by atoms with Gasteiger partial charge in [0.05, 0.1) is 23.7 Å². The summed E-state index contributed by atoms with van der Waals surface area (Å²) in [5.41, 5.74) is 7.44. The fraction of sp³-hybridized carbons (Fsp3) is 0.263. The van der Waals surface area contributed by atoms with E-state index in [1.807, 2.05) is 0 Å². The number of sulfone groups is 1. The molecule has 8 heteroatoms. The number of carbonyl (C=O) groups excluding carboxylic acids is 1. The van der Waals surface area contributed by atoms with E-state index in [9.17, 15) is 13.2 Å². The van der Waals surface area contributed by atoms with E-state index in [1.165, 1.54) is 13.3 Å². The van der Waals surface area contributed by atoms with E-state index in [-0.39, 0.29) is 10.6 Å².